The van der Waals surface area contributed by atoms with Gasteiger partial charge in [0, 0.05) is 13.1 Å². The number of carbonyl (C=O) groups excluding carboxylic acids is 1. The molecule has 1 aliphatic rings. The molecule has 0 atom stereocenters. The Balaban J connectivity index is 1.77. The number of aryl methyl sites for hydroxylation is 2. The van der Waals surface area contributed by atoms with E-state index in [1.54, 1.807) is 0 Å². The highest BCUT2D eigenvalue weighted by molar-refractivity contribution is 5.77. The van der Waals surface area contributed by atoms with Crippen molar-refractivity contribution >= 4 is 5.91 Å². The Morgan fingerprint density at radius 1 is 1.32 bits per heavy atom. The molecule has 4 heteroatoms. The third kappa shape index (κ3) is 4.73. The van der Waals surface area contributed by atoms with E-state index in [9.17, 15) is 4.79 Å². The summed E-state index contributed by atoms with van der Waals surface area (Å²) >= 11 is 0. The Bertz CT molecular complexity index is 494. The fraction of sp³-hybridized carbons (Fsp3) is 0.611. The minimum Gasteiger partial charge on any atom is -0.483 e. The number of likely N-dealkylation sites (tertiary alicyclic amines) is 1. The van der Waals surface area contributed by atoms with Crippen LogP contribution in [0.3, 0.4) is 0 Å². The molecule has 1 heterocycles. The van der Waals surface area contributed by atoms with Crippen LogP contribution in [0.25, 0.3) is 0 Å². The zero-order valence-corrected chi connectivity index (χ0v) is 14.0. The summed E-state index contributed by atoms with van der Waals surface area (Å²) in [6.07, 6.45) is 2.17. The quantitative estimate of drug-likeness (QED) is 0.878. The molecular weight excluding hydrogens is 276 g/mol. The number of hydrogen-bond donors (Lipinski definition) is 1. The number of rotatable bonds is 6. The van der Waals surface area contributed by atoms with E-state index in [0.717, 1.165) is 55.9 Å². The Hall–Kier alpha value is -1.55. The van der Waals surface area contributed by atoms with Crippen LogP contribution in [0.5, 0.6) is 5.75 Å². The Morgan fingerprint density at radius 2 is 2.05 bits per heavy atom. The molecule has 0 aromatic heterocycles. The lowest BCUT2D eigenvalue weighted by molar-refractivity contribution is -0.134. The van der Waals surface area contributed by atoms with E-state index < -0.39 is 0 Å². The van der Waals surface area contributed by atoms with Crippen molar-refractivity contribution in [3.8, 4) is 5.75 Å². The largest absolute Gasteiger partial charge is 0.483 e. The highest BCUT2D eigenvalue weighted by Gasteiger charge is 2.22. The maximum atomic E-state index is 12.3. The first-order valence-corrected chi connectivity index (χ1v) is 8.28. The number of nitrogens with zero attached hydrogens (tertiary/aromatic N) is 1. The van der Waals surface area contributed by atoms with E-state index in [-0.39, 0.29) is 12.5 Å². The average Bonchev–Trinajstić information content (AvgIpc) is 2.54. The van der Waals surface area contributed by atoms with E-state index in [1.165, 1.54) is 0 Å². The van der Waals surface area contributed by atoms with Gasteiger partial charge in [0.05, 0.1) is 0 Å². The second kappa shape index (κ2) is 8.18. The van der Waals surface area contributed by atoms with Gasteiger partial charge in [-0.15, -0.1) is 0 Å². The highest BCUT2D eigenvalue weighted by atomic mass is 16.5. The van der Waals surface area contributed by atoms with Crippen molar-refractivity contribution in [3.05, 3.63) is 29.3 Å². The van der Waals surface area contributed by atoms with E-state index in [2.05, 4.69) is 18.3 Å². The minimum atomic E-state index is 0.0998. The smallest absolute Gasteiger partial charge is 0.260 e. The van der Waals surface area contributed by atoms with Gasteiger partial charge in [0.2, 0.25) is 0 Å². The van der Waals surface area contributed by atoms with Gasteiger partial charge in [-0.3, -0.25) is 4.79 Å². The summed E-state index contributed by atoms with van der Waals surface area (Å²) < 4.78 is 5.72. The second-order valence-electron chi connectivity index (χ2n) is 6.19. The molecule has 0 bridgehead atoms. The van der Waals surface area contributed by atoms with E-state index in [4.69, 9.17) is 4.74 Å². The first-order chi connectivity index (χ1) is 10.6. The lowest BCUT2D eigenvalue weighted by Crippen LogP contribution is -2.42. The number of amides is 1. The van der Waals surface area contributed by atoms with Crippen LogP contribution in [0.2, 0.25) is 0 Å². The Labute approximate surface area is 133 Å². The predicted octanol–water partition coefficient (Wildman–Crippen LogP) is 2.53. The molecule has 0 unspecified atom stereocenters. The van der Waals surface area contributed by atoms with Gasteiger partial charge in [0.1, 0.15) is 5.75 Å². The topological polar surface area (TPSA) is 41.6 Å². The van der Waals surface area contributed by atoms with Gasteiger partial charge in [-0.1, -0.05) is 19.1 Å². The zero-order valence-electron chi connectivity index (χ0n) is 14.0. The first-order valence-electron chi connectivity index (χ1n) is 8.28. The summed E-state index contributed by atoms with van der Waals surface area (Å²) in [6, 6.07) is 6.08. The van der Waals surface area contributed by atoms with Crippen molar-refractivity contribution < 1.29 is 9.53 Å². The third-order valence-electron chi connectivity index (χ3n) is 4.35. The van der Waals surface area contributed by atoms with Crippen molar-refractivity contribution in [1.29, 1.82) is 0 Å². The van der Waals surface area contributed by atoms with Gasteiger partial charge in [0.15, 0.2) is 6.61 Å². The molecule has 1 aromatic carbocycles. The second-order valence-corrected chi connectivity index (χ2v) is 6.19. The minimum absolute atomic E-state index is 0.0998. The van der Waals surface area contributed by atoms with Gasteiger partial charge in [0.25, 0.3) is 5.91 Å². The maximum Gasteiger partial charge on any atom is 0.260 e. The lowest BCUT2D eigenvalue weighted by atomic mass is 9.97. The van der Waals surface area contributed by atoms with Crippen LogP contribution in [0.1, 0.15) is 30.9 Å². The number of nitrogens with one attached hydrogen (secondary N) is 1. The van der Waals surface area contributed by atoms with Crippen molar-refractivity contribution in [3.63, 3.8) is 0 Å². The van der Waals surface area contributed by atoms with Crippen LogP contribution in [-0.4, -0.2) is 43.6 Å². The summed E-state index contributed by atoms with van der Waals surface area (Å²) in [4.78, 5) is 14.2. The van der Waals surface area contributed by atoms with E-state index in [0.29, 0.717) is 5.92 Å². The fourth-order valence-corrected chi connectivity index (χ4v) is 2.83. The molecule has 1 saturated heterocycles. The maximum absolute atomic E-state index is 12.3. The standard InChI is InChI=1S/C18H28N2O2/c1-4-19-12-16-7-9-20(10-8-16)18(21)13-22-17-11-14(2)5-6-15(17)3/h5-6,11,16,19H,4,7-10,12-13H2,1-3H3. The van der Waals surface area contributed by atoms with Crippen LogP contribution >= 0.6 is 0 Å². The van der Waals surface area contributed by atoms with Crippen LogP contribution in [0.15, 0.2) is 18.2 Å². The number of piperidine rings is 1. The molecule has 0 aliphatic carbocycles. The molecule has 0 radical (unpaired) electrons. The van der Waals surface area contributed by atoms with Crippen LogP contribution in [0, 0.1) is 19.8 Å². The van der Waals surface area contributed by atoms with Gasteiger partial charge >= 0.3 is 0 Å². The SMILES string of the molecule is CCNCC1CCN(C(=O)COc2cc(C)ccc2C)CC1. The first kappa shape index (κ1) is 16.8. The molecule has 1 aromatic rings. The lowest BCUT2D eigenvalue weighted by Gasteiger charge is -2.32. The van der Waals surface area contributed by atoms with E-state index in [1.807, 2.05) is 30.9 Å². The van der Waals surface area contributed by atoms with E-state index >= 15 is 0 Å². The summed E-state index contributed by atoms with van der Waals surface area (Å²) in [5.74, 6) is 1.61. The molecule has 2 rings (SSSR count). The van der Waals surface area contributed by atoms with Crippen molar-refractivity contribution in [2.45, 2.75) is 33.6 Å². The molecule has 1 aliphatic heterocycles. The molecule has 122 valence electrons. The van der Waals surface area contributed by atoms with Gasteiger partial charge in [-0.25, -0.2) is 0 Å². The van der Waals surface area contributed by atoms with Crippen molar-refractivity contribution in [2.24, 2.45) is 5.92 Å². The van der Waals surface area contributed by atoms with Gasteiger partial charge < -0.3 is 15.0 Å². The monoisotopic (exact) mass is 304 g/mol. The fourth-order valence-electron chi connectivity index (χ4n) is 2.83. The molecule has 4 nitrogen and oxygen atoms in total. The van der Waals surface area contributed by atoms with Gasteiger partial charge in [-0.2, -0.15) is 0 Å². The summed E-state index contributed by atoms with van der Waals surface area (Å²) in [5.41, 5.74) is 2.22. The van der Waals surface area contributed by atoms with Crippen LogP contribution in [-0.2, 0) is 4.79 Å². The number of ether oxygens (including phenoxy) is 1. The number of carbonyl (C=O) groups is 1. The third-order valence-corrected chi connectivity index (χ3v) is 4.35. The zero-order chi connectivity index (χ0) is 15.9. The summed E-state index contributed by atoms with van der Waals surface area (Å²) in [5, 5.41) is 3.39. The summed E-state index contributed by atoms with van der Waals surface area (Å²) in [6.45, 7) is 10.1. The van der Waals surface area contributed by atoms with Crippen molar-refractivity contribution in [1.82, 2.24) is 10.2 Å². The van der Waals surface area contributed by atoms with Gasteiger partial charge in [-0.05, 0) is 62.9 Å². The molecule has 1 N–H and O–H groups in total. The number of hydrogen-bond acceptors (Lipinski definition) is 3. The Morgan fingerprint density at radius 3 is 2.73 bits per heavy atom. The molecule has 0 spiro atoms. The number of benzene rings is 1. The van der Waals surface area contributed by atoms with Crippen LogP contribution < -0.4 is 10.1 Å². The summed E-state index contributed by atoms with van der Waals surface area (Å²) in [7, 11) is 0. The van der Waals surface area contributed by atoms with Crippen LogP contribution in [0.4, 0.5) is 0 Å². The normalized spacial score (nSPS) is 15.9. The molecule has 1 amide bonds. The molecule has 1 fully saturated rings. The molecule has 0 saturated carbocycles. The molecular formula is C18H28N2O2. The Kier molecular flexibility index (Phi) is 6.25. The highest BCUT2D eigenvalue weighted by Crippen LogP contribution is 2.20. The average molecular weight is 304 g/mol. The molecule has 22 heavy (non-hydrogen) atoms. The van der Waals surface area contributed by atoms with Crippen molar-refractivity contribution in [2.75, 3.05) is 32.8 Å². The predicted molar refractivity (Wildman–Crippen MR) is 89.3 cm³/mol.